The summed E-state index contributed by atoms with van der Waals surface area (Å²) >= 11 is 6.15. The summed E-state index contributed by atoms with van der Waals surface area (Å²) in [6.45, 7) is 8.32. The summed E-state index contributed by atoms with van der Waals surface area (Å²) in [7, 11) is 0. The Balaban J connectivity index is 2.02. The number of benzene rings is 2. The Morgan fingerprint density at radius 3 is 2.41 bits per heavy atom. The fourth-order valence-corrected chi connectivity index (χ4v) is 2.68. The van der Waals surface area contributed by atoms with Crippen molar-refractivity contribution in [3.8, 4) is 5.75 Å². The maximum atomic E-state index is 12.3. The maximum Gasteiger partial charge on any atom is 0.262 e. The van der Waals surface area contributed by atoms with Gasteiger partial charge in [-0.1, -0.05) is 43.6 Å². The SMILES string of the molecule is Cc1cccc(C)c1OCC(=O)Nc1cc(C(=O)NCC(C)C)ccc1Cl. The van der Waals surface area contributed by atoms with Crippen molar-refractivity contribution >= 4 is 29.1 Å². The Kier molecular flexibility index (Phi) is 7.25. The highest BCUT2D eigenvalue weighted by molar-refractivity contribution is 6.33. The summed E-state index contributed by atoms with van der Waals surface area (Å²) in [4.78, 5) is 24.5. The Morgan fingerprint density at radius 1 is 1.11 bits per heavy atom. The fraction of sp³-hybridized carbons (Fsp3) is 0.333. The lowest BCUT2D eigenvalue weighted by Gasteiger charge is -2.13. The van der Waals surface area contributed by atoms with Crippen LogP contribution in [0.1, 0.15) is 35.3 Å². The molecule has 27 heavy (non-hydrogen) atoms. The van der Waals surface area contributed by atoms with Crippen LogP contribution >= 0.6 is 11.6 Å². The van der Waals surface area contributed by atoms with Gasteiger partial charge in [0, 0.05) is 12.1 Å². The molecule has 2 N–H and O–H groups in total. The average Bonchev–Trinajstić information content (AvgIpc) is 2.61. The van der Waals surface area contributed by atoms with E-state index in [-0.39, 0.29) is 18.4 Å². The molecule has 2 aromatic carbocycles. The normalized spacial score (nSPS) is 10.6. The van der Waals surface area contributed by atoms with Crippen molar-refractivity contribution in [2.75, 3.05) is 18.5 Å². The van der Waals surface area contributed by atoms with Crippen LogP contribution in [0.2, 0.25) is 5.02 Å². The predicted molar refractivity (Wildman–Crippen MR) is 109 cm³/mol. The number of ether oxygens (including phenoxy) is 1. The van der Waals surface area contributed by atoms with Crippen molar-refractivity contribution in [3.63, 3.8) is 0 Å². The molecule has 0 atom stereocenters. The van der Waals surface area contributed by atoms with Gasteiger partial charge in [-0.15, -0.1) is 0 Å². The zero-order valence-electron chi connectivity index (χ0n) is 16.1. The molecule has 0 saturated heterocycles. The van der Waals surface area contributed by atoms with Crippen LogP contribution in [0.5, 0.6) is 5.75 Å². The van der Waals surface area contributed by atoms with Gasteiger partial charge in [-0.3, -0.25) is 9.59 Å². The number of hydrogen-bond acceptors (Lipinski definition) is 3. The van der Waals surface area contributed by atoms with Crippen LogP contribution in [0.25, 0.3) is 0 Å². The molecule has 0 unspecified atom stereocenters. The molecular formula is C21H25ClN2O3. The first-order valence-electron chi connectivity index (χ1n) is 8.84. The van der Waals surface area contributed by atoms with Crippen molar-refractivity contribution in [2.24, 2.45) is 5.92 Å². The van der Waals surface area contributed by atoms with E-state index in [2.05, 4.69) is 10.6 Å². The molecule has 2 rings (SSSR count). The van der Waals surface area contributed by atoms with Crippen LogP contribution in [0.3, 0.4) is 0 Å². The van der Waals surface area contributed by atoms with Crippen LogP contribution in [0.4, 0.5) is 5.69 Å². The molecule has 144 valence electrons. The molecule has 0 heterocycles. The first-order valence-corrected chi connectivity index (χ1v) is 9.22. The molecule has 0 spiro atoms. The van der Waals surface area contributed by atoms with Gasteiger partial charge in [0.05, 0.1) is 10.7 Å². The van der Waals surface area contributed by atoms with Gasteiger partial charge in [-0.25, -0.2) is 0 Å². The van der Waals surface area contributed by atoms with Gasteiger partial charge in [-0.2, -0.15) is 0 Å². The number of para-hydroxylation sites is 1. The van der Waals surface area contributed by atoms with Crippen molar-refractivity contribution in [3.05, 3.63) is 58.1 Å². The number of halogens is 1. The molecule has 2 amide bonds. The van der Waals surface area contributed by atoms with Gasteiger partial charge in [0.15, 0.2) is 6.61 Å². The first-order chi connectivity index (χ1) is 12.8. The van der Waals surface area contributed by atoms with Crippen LogP contribution in [-0.4, -0.2) is 25.0 Å². The molecule has 6 heteroatoms. The minimum atomic E-state index is -0.348. The van der Waals surface area contributed by atoms with E-state index >= 15 is 0 Å². The van der Waals surface area contributed by atoms with Gasteiger partial charge in [0.25, 0.3) is 11.8 Å². The molecule has 0 bridgehead atoms. The van der Waals surface area contributed by atoms with Gasteiger partial charge in [0.2, 0.25) is 0 Å². The molecule has 2 aromatic rings. The van der Waals surface area contributed by atoms with Gasteiger partial charge in [0.1, 0.15) is 5.75 Å². The van der Waals surface area contributed by atoms with E-state index < -0.39 is 0 Å². The largest absolute Gasteiger partial charge is 0.483 e. The second kappa shape index (κ2) is 9.42. The second-order valence-corrected chi connectivity index (χ2v) is 7.26. The van der Waals surface area contributed by atoms with E-state index in [0.29, 0.717) is 34.5 Å². The summed E-state index contributed by atoms with van der Waals surface area (Å²) in [5, 5.41) is 5.90. The lowest BCUT2D eigenvalue weighted by Crippen LogP contribution is -2.27. The smallest absolute Gasteiger partial charge is 0.262 e. The molecule has 0 aromatic heterocycles. The maximum absolute atomic E-state index is 12.3. The molecule has 0 radical (unpaired) electrons. The van der Waals surface area contributed by atoms with Gasteiger partial charge >= 0.3 is 0 Å². The number of rotatable bonds is 7. The molecule has 0 fully saturated rings. The number of carbonyl (C=O) groups is 2. The summed E-state index contributed by atoms with van der Waals surface area (Å²) in [5.74, 6) is 0.491. The summed E-state index contributed by atoms with van der Waals surface area (Å²) in [5.41, 5.74) is 2.74. The third-order valence-electron chi connectivity index (χ3n) is 3.93. The number of carbonyl (C=O) groups excluding carboxylic acids is 2. The van der Waals surface area contributed by atoms with Crippen molar-refractivity contribution in [1.29, 1.82) is 0 Å². The number of amides is 2. The van der Waals surface area contributed by atoms with Crippen molar-refractivity contribution in [2.45, 2.75) is 27.7 Å². The molecular weight excluding hydrogens is 364 g/mol. The standard InChI is InChI=1S/C21H25ClN2O3/c1-13(2)11-23-21(26)16-8-9-17(22)18(10-16)24-19(25)12-27-20-14(3)6-5-7-15(20)4/h5-10,13H,11-12H2,1-4H3,(H,23,26)(H,24,25). The summed E-state index contributed by atoms with van der Waals surface area (Å²) in [6.07, 6.45) is 0. The van der Waals surface area contributed by atoms with E-state index in [1.807, 2.05) is 45.9 Å². The fourth-order valence-electron chi connectivity index (χ4n) is 2.51. The lowest BCUT2D eigenvalue weighted by molar-refractivity contribution is -0.118. The van der Waals surface area contributed by atoms with Crippen LogP contribution < -0.4 is 15.4 Å². The number of aryl methyl sites for hydroxylation is 2. The molecule has 5 nitrogen and oxygen atoms in total. The monoisotopic (exact) mass is 388 g/mol. The molecule has 0 saturated carbocycles. The predicted octanol–water partition coefficient (Wildman–Crippen LogP) is 4.36. The zero-order chi connectivity index (χ0) is 20.0. The molecule has 0 aliphatic carbocycles. The van der Waals surface area contributed by atoms with Crippen LogP contribution in [0.15, 0.2) is 36.4 Å². The number of nitrogens with one attached hydrogen (secondary N) is 2. The second-order valence-electron chi connectivity index (χ2n) is 6.86. The highest BCUT2D eigenvalue weighted by Gasteiger charge is 2.13. The van der Waals surface area contributed by atoms with Crippen molar-refractivity contribution < 1.29 is 14.3 Å². The van der Waals surface area contributed by atoms with E-state index in [0.717, 1.165) is 11.1 Å². The minimum absolute atomic E-state index is 0.147. The number of hydrogen-bond donors (Lipinski definition) is 2. The lowest BCUT2D eigenvalue weighted by atomic mass is 10.1. The quantitative estimate of drug-likeness (QED) is 0.740. The topological polar surface area (TPSA) is 67.4 Å². The Bertz CT molecular complexity index is 814. The Hall–Kier alpha value is -2.53. The summed E-state index contributed by atoms with van der Waals surface area (Å²) in [6, 6.07) is 10.6. The van der Waals surface area contributed by atoms with E-state index in [1.54, 1.807) is 18.2 Å². The summed E-state index contributed by atoms with van der Waals surface area (Å²) < 4.78 is 5.65. The average molecular weight is 389 g/mol. The molecule has 0 aliphatic rings. The minimum Gasteiger partial charge on any atom is -0.483 e. The van der Waals surface area contributed by atoms with Gasteiger partial charge in [-0.05, 0) is 49.1 Å². The highest BCUT2D eigenvalue weighted by Crippen LogP contribution is 2.24. The van der Waals surface area contributed by atoms with E-state index in [4.69, 9.17) is 16.3 Å². The first kappa shape index (κ1) is 20.8. The zero-order valence-corrected chi connectivity index (χ0v) is 16.8. The third kappa shape index (κ3) is 6.00. The number of anilines is 1. The van der Waals surface area contributed by atoms with Crippen LogP contribution in [0, 0.1) is 19.8 Å². The van der Waals surface area contributed by atoms with E-state index in [9.17, 15) is 9.59 Å². The van der Waals surface area contributed by atoms with Crippen LogP contribution in [-0.2, 0) is 4.79 Å². The van der Waals surface area contributed by atoms with E-state index in [1.165, 1.54) is 0 Å². The third-order valence-corrected chi connectivity index (χ3v) is 4.26. The van der Waals surface area contributed by atoms with Gasteiger partial charge < -0.3 is 15.4 Å². The Labute approximate surface area is 165 Å². The van der Waals surface area contributed by atoms with Crippen molar-refractivity contribution in [1.82, 2.24) is 5.32 Å². The molecule has 0 aliphatic heterocycles. The Morgan fingerprint density at radius 2 is 1.78 bits per heavy atom. The highest BCUT2D eigenvalue weighted by atomic mass is 35.5.